The number of aromatic nitrogens is 2. The van der Waals surface area contributed by atoms with Gasteiger partial charge in [0.05, 0.1) is 12.2 Å². The normalized spacial score (nSPS) is 22.6. The fraction of sp³-hybridized carbons (Fsp3) is 0.600. The lowest BCUT2D eigenvalue weighted by Gasteiger charge is -2.39. The van der Waals surface area contributed by atoms with Crippen molar-refractivity contribution in [3.63, 3.8) is 0 Å². The summed E-state index contributed by atoms with van der Waals surface area (Å²) in [6.07, 6.45) is 4.35. The van der Waals surface area contributed by atoms with Crippen molar-refractivity contribution in [3.05, 3.63) is 24.3 Å². The minimum atomic E-state index is -0.429. The Bertz CT molecular complexity index is 504. The van der Waals surface area contributed by atoms with Gasteiger partial charge >= 0.3 is 0 Å². The number of hydrogen-bond donors (Lipinski definition) is 1. The third kappa shape index (κ3) is 3.56. The van der Waals surface area contributed by atoms with Crippen LogP contribution in [-0.4, -0.2) is 38.8 Å². The Morgan fingerprint density at radius 2 is 2.14 bits per heavy atom. The lowest BCUT2D eigenvalue weighted by atomic mass is 9.97. The Labute approximate surface area is 125 Å². The third-order valence-corrected chi connectivity index (χ3v) is 3.65. The van der Waals surface area contributed by atoms with Crippen LogP contribution in [0.2, 0.25) is 0 Å². The first-order valence-electron chi connectivity index (χ1n) is 7.38. The van der Waals surface area contributed by atoms with Crippen LogP contribution in [0.5, 0.6) is 0 Å². The van der Waals surface area contributed by atoms with Gasteiger partial charge < -0.3 is 10.2 Å². The maximum absolute atomic E-state index is 12.6. The number of rotatable bonds is 5. The zero-order valence-electron chi connectivity index (χ0n) is 12.7. The van der Waals surface area contributed by atoms with Crippen molar-refractivity contribution in [3.8, 4) is 0 Å². The van der Waals surface area contributed by atoms with Gasteiger partial charge in [0.25, 0.3) is 0 Å². The van der Waals surface area contributed by atoms with Crippen molar-refractivity contribution in [1.82, 2.24) is 20.2 Å². The molecule has 2 unspecified atom stereocenters. The van der Waals surface area contributed by atoms with Crippen molar-refractivity contribution in [2.24, 2.45) is 5.92 Å². The molecule has 0 bridgehead atoms. The van der Waals surface area contributed by atoms with Crippen molar-refractivity contribution >= 4 is 11.8 Å². The minimum Gasteiger partial charge on any atom is -0.342 e. The second-order valence-electron chi connectivity index (χ2n) is 5.78. The van der Waals surface area contributed by atoms with Crippen molar-refractivity contribution in [1.29, 1.82) is 0 Å². The van der Waals surface area contributed by atoms with Crippen LogP contribution in [0.25, 0.3) is 0 Å². The van der Waals surface area contributed by atoms with Gasteiger partial charge in [0.2, 0.25) is 11.8 Å². The molecular weight excluding hydrogens is 268 g/mol. The van der Waals surface area contributed by atoms with E-state index in [0.717, 1.165) is 5.69 Å². The van der Waals surface area contributed by atoms with E-state index in [1.807, 2.05) is 20.8 Å². The van der Waals surface area contributed by atoms with Crippen molar-refractivity contribution < 1.29 is 9.59 Å². The summed E-state index contributed by atoms with van der Waals surface area (Å²) in [6, 6.07) is 0.919. The first-order chi connectivity index (χ1) is 10.0. The Morgan fingerprint density at radius 1 is 1.38 bits per heavy atom. The summed E-state index contributed by atoms with van der Waals surface area (Å²) in [5.74, 6) is 0.254. The predicted molar refractivity (Wildman–Crippen MR) is 78.0 cm³/mol. The van der Waals surface area contributed by atoms with Crippen LogP contribution in [0, 0.1) is 5.92 Å². The van der Waals surface area contributed by atoms with E-state index in [0.29, 0.717) is 25.3 Å². The van der Waals surface area contributed by atoms with Crippen LogP contribution in [0.4, 0.5) is 0 Å². The third-order valence-electron chi connectivity index (χ3n) is 3.65. The zero-order valence-corrected chi connectivity index (χ0v) is 12.7. The number of hydrogen-bond acceptors (Lipinski definition) is 4. The molecule has 2 amide bonds. The number of amides is 2. The van der Waals surface area contributed by atoms with Crippen LogP contribution in [-0.2, 0) is 16.1 Å². The Morgan fingerprint density at radius 3 is 2.71 bits per heavy atom. The number of nitrogens with one attached hydrogen (secondary N) is 1. The van der Waals surface area contributed by atoms with E-state index >= 15 is 0 Å². The molecule has 2 rings (SSSR count). The molecule has 1 aliphatic rings. The van der Waals surface area contributed by atoms with E-state index in [1.54, 1.807) is 17.2 Å². The maximum atomic E-state index is 12.6. The van der Waals surface area contributed by atoms with E-state index in [-0.39, 0.29) is 11.8 Å². The highest BCUT2D eigenvalue weighted by Gasteiger charge is 2.39. The van der Waals surface area contributed by atoms with Crippen LogP contribution < -0.4 is 5.32 Å². The topological polar surface area (TPSA) is 75.2 Å². The van der Waals surface area contributed by atoms with Gasteiger partial charge in [0.15, 0.2) is 0 Å². The molecule has 0 aliphatic carbocycles. The van der Waals surface area contributed by atoms with Crippen LogP contribution >= 0.6 is 0 Å². The molecule has 2 heterocycles. The van der Waals surface area contributed by atoms with Crippen molar-refractivity contribution in [2.75, 3.05) is 0 Å². The summed E-state index contributed by atoms with van der Waals surface area (Å²) in [4.78, 5) is 34.5. The Balaban J connectivity index is 2.20. The molecular formula is C15H22N4O2. The highest BCUT2D eigenvalue weighted by atomic mass is 16.2. The van der Waals surface area contributed by atoms with Gasteiger partial charge in [-0.1, -0.05) is 20.8 Å². The fourth-order valence-corrected chi connectivity index (χ4v) is 2.64. The monoisotopic (exact) mass is 290 g/mol. The molecule has 1 fully saturated rings. The molecule has 1 saturated heterocycles. The molecule has 6 nitrogen and oxygen atoms in total. The molecule has 0 spiro atoms. The quantitative estimate of drug-likeness (QED) is 0.882. The zero-order chi connectivity index (χ0) is 15.4. The van der Waals surface area contributed by atoms with E-state index in [4.69, 9.17) is 0 Å². The van der Waals surface area contributed by atoms with Gasteiger partial charge in [-0.2, -0.15) is 0 Å². The number of carbonyl (C=O) groups is 2. The lowest BCUT2D eigenvalue weighted by Crippen LogP contribution is -2.63. The van der Waals surface area contributed by atoms with Gasteiger partial charge in [-0.3, -0.25) is 9.59 Å². The molecule has 114 valence electrons. The summed E-state index contributed by atoms with van der Waals surface area (Å²) in [6.45, 7) is 6.34. The molecule has 1 aromatic heterocycles. The Kier molecular flexibility index (Phi) is 4.88. The molecule has 1 N–H and O–H groups in total. The number of nitrogens with zero attached hydrogens (tertiary/aromatic N) is 3. The van der Waals surface area contributed by atoms with Gasteiger partial charge in [0.1, 0.15) is 18.4 Å². The molecule has 2 atom stereocenters. The SMILES string of the molecule is CCC1C(=O)NC(CC(C)C)C(=O)N1Cc1ccncn1. The number of piperazine rings is 1. The van der Waals surface area contributed by atoms with Gasteiger partial charge in [-0.05, 0) is 24.8 Å². The van der Waals surface area contributed by atoms with Crippen LogP contribution in [0.1, 0.15) is 39.3 Å². The molecule has 0 saturated carbocycles. The van der Waals surface area contributed by atoms with Crippen molar-refractivity contribution in [2.45, 2.75) is 52.2 Å². The second-order valence-corrected chi connectivity index (χ2v) is 5.78. The summed E-state index contributed by atoms with van der Waals surface area (Å²) >= 11 is 0. The number of carbonyl (C=O) groups excluding carboxylic acids is 2. The summed E-state index contributed by atoms with van der Waals surface area (Å²) in [5, 5.41) is 2.85. The lowest BCUT2D eigenvalue weighted by molar-refractivity contribution is -0.150. The first kappa shape index (κ1) is 15.4. The van der Waals surface area contributed by atoms with E-state index in [2.05, 4.69) is 15.3 Å². The second kappa shape index (κ2) is 6.65. The van der Waals surface area contributed by atoms with E-state index in [9.17, 15) is 9.59 Å². The van der Waals surface area contributed by atoms with Gasteiger partial charge in [-0.15, -0.1) is 0 Å². The molecule has 6 heteroatoms. The fourth-order valence-electron chi connectivity index (χ4n) is 2.64. The standard InChI is InChI=1S/C15H22N4O2/c1-4-13-14(20)18-12(7-10(2)3)15(21)19(13)8-11-5-6-16-9-17-11/h5-6,9-10,12-13H,4,7-8H2,1-3H3,(H,18,20). The highest BCUT2D eigenvalue weighted by molar-refractivity contribution is 5.96. The molecule has 21 heavy (non-hydrogen) atoms. The van der Waals surface area contributed by atoms with Gasteiger partial charge in [0, 0.05) is 6.20 Å². The van der Waals surface area contributed by atoms with Crippen LogP contribution in [0.3, 0.4) is 0 Å². The maximum Gasteiger partial charge on any atom is 0.246 e. The van der Waals surface area contributed by atoms with E-state index < -0.39 is 12.1 Å². The predicted octanol–water partition coefficient (Wildman–Crippen LogP) is 1.13. The summed E-state index contributed by atoms with van der Waals surface area (Å²) < 4.78 is 0. The minimum absolute atomic E-state index is 0.0197. The molecule has 0 aromatic carbocycles. The smallest absolute Gasteiger partial charge is 0.246 e. The van der Waals surface area contributed by atoms with Gasteiger partial charge in [-0.25, -0.2) is 9.97 Å². The Hall–Kier alpha value is -1.98. The summed E-state index contributed by atoms with van der Waals surface area (Å²) in [7, 11) is 0. The van der Waals surface area contributed by atoms with E-state index in [1.165, 1.54) is 6.33 Å². The largest absolute Gasteiger partial charge is 0.342 e. The molecule has 0 radical (unpaired) electrons. The average molecular weight is 290 g/mol. The highest BCUT2D eigenvalue weighted by Crippen LogP contribution is 2.19. The van der Waals surface area contributed by atoms with Crippen LogP contribution in [0.15, 0.2) is 18.6 Å². The molecule has 1 aliphatic heterocycles. The average Bonchev–Trinajstić information content (AvgIpc) is 2.45. The summed E-state index contributed by atoms with van der Waals surface area (Å²) in [5.41, 5.74) is 0.745. The molecule has 1 aromatic rings. The first-order valence-corrected chi connectivity index (χ1v) is 7.38.